The minimum atomic E-state index is -0.490. The molecule has 0 aliphatic heterocycles. The number of carbonyl (C=O) groups excluding carboxylic acids is 1. The standard InChI is InChI=1S/C12H21N3O2/c1-12(2,11(16)17-4)9-13-6-5-10-14-7-8-15(10)3/h7-8,13H,5-6,9H2,1-4H3. The molecule has 0 amide bonds. The molecule has 1 aromatic heterocycles. The highest BCUT2D eigenvalue weighted by Crippen LogP contribution is 2.15. The number of ether oxygens (including phenoxy) is 1. The van der Waals surface area contributed by atoms with Crippen LogP contribution in [0.25, 0.3) is 0 Å². The number of esters is 1. The zero-order valence-corrected chi connectivity index (χ0v) is 11.0. The number of nitrogens with zero attached hydrogens (tertiary/aromatic N) is 2. The first-order valence-corrected chi connectivity index (χ1v) is 5.72. The maximum Gasteiger partial charge on any atom is 0.312 e. The SMILES string of the molecule is COC(=O)C(C)(C)CNCCc1nccn1C. The van der Waals surface area contributed by atoms with E-state index in [0.29, 0.717) is 6.54 Å². The van der Waals surface area contributed by atoms with Crippen LogP contribution < -0.4 is 5.32 Å². The average Bonchev–Trinajstić information content (AvgIpc) is 2.69. The van der Waals surface area contributed by atoms with Crippen LogP contribution in [0.5, 0.6) is 0 Å². The van der Waals surface area contributed by atoms with Crippen molar-refractivity contribution < 1.29 is 9.53 Å². The Bertz CT molecular complexity index is 372. The van der Waals surface area contributed by atoms with Crippen molar-refractivity contribution in [3.63, 3.8) is 0 Å². The molecule has 1 aromatic rings. The highest BCUT2D eigenvalue weighted by Gasteiger charge is 2.27. The van der Waals surface area contributed by atoms with Crippen molar-refractivity contribution >= 4 is 5.97 Å². The summed E-state index contributed by atoms with van der Waals surface area (Å²) in [5.74, 6) is 0.843. The summed E-state index contributed by atoms with van der Waals surface area (Å²) in [6, 6.07) is 0. The molecule has 0 aromatic carbocycles. The summed E-state index contributed by atoms with van der Waals surface area (Å²) >= 11 is 0. The van der Waals surface area contributed by atoms with Crippen molar-refractivity contribution in [1.29, 1.82) is 0 Å². The topological polar surface area (TPSA) is 56.1 Å². The van der Waals surface area contributed by atoms with Crippen molar-refractivity contribution in [3.8, 4) is 0 Å². The van der Waals surface area contributed by atoms with Gasteiger partial charge in [0.05, 0.1) is 12.5 Å². The third kappa shape index (κ3) is 3.85. The van der Waals surface area contributed by atoms with Gasteiger partial charge in [0.25, 0.3) is 0 Å². The van der Waals surface area contributed by atoms with Gasteiger partial charge >= 0.3 is 5.97 Å². The Morgan fingerprint density at radius 1 is 1.59 bits per heavy atom. The lowest BCUT2D eigenvalue weighted by Crippen LogP contribution is -2.37. The summed E-state index contributed by atoms with van der Waals surface area (Å²) in [6.45, 7) is 5.13. The van der Waals surface area contributed by atoms with Gasteiger partial charge in [-0.2, -0.15) is 0 Å². The van der Waals surface area contributed by atoms with Gasteiger partial charge in [-0.05, 0) is 13.8 Å². The van der Waals surface area contributed by atoms with Crippen LogP contribution in [-0.4, -0.2) is 35.7 Å². The smallest absolute Gasteiger partial charge is 0.312 e. The second-order valence-electron chi connectivity index (χ2n) is 4.76. The van der Waals surface area contributed by atoms with Crippen molar-refractivity contribution in [1.82, 2.24) is 14.9 Å². The first-order chi connectivity index (χ1) is 7.97. The van der Waals surface area contributed by atoms with Crippen molar-refractivity contribution in [2.75, 3.05) is 20.2 Å². The van der Waals surface area contributed by atoms with E-state index in [2.05, 4.69) is 10.3 Å². The highest BCUT2D eigenvalue weighted by atomic mass is 16.5. The molecule has 1 N–H and O–H groups in total. The number of nitrogens with one attached hydrogen (secondary N) is 1. The lowest BCUT2D eigenvalue weighted by Gasteiger charge is -2.21. The van der Waals surface area contributed by atoms with Crippen LogP contribution in [0.3, 0.4) is 0 Å². The van der Waals surface area contributed by atoms with Gasteiger partial charge in [0.2, 0.25) is 0 Å². The molecule has 0 radical (unpaired) electrons. The van der Waals surface area contributed by atoms with E-state index < -0.39 is 5.41 Å². The Morgan fingerprint density at radius 2 is 2.29 bits per heavy atom. The summed E-state index contributed by atoms with van der Waals surface area (Å²) in [5.41, 5.74) is -0.490. The first-order valence-electron chi connectivity index (χ1n) is 5.72. The molecular weight excluding hydrogens is 218 g/mol. The molecule has 0 fully saturated rings. The van der Waals surface area contributed by atoms with E-state index in [1.165, 1.54) is 7.11 Å². The first kappa shape index (κ1) is 13.7. The van der Waals surface area contributed by atoms with Gasteiger partial charge in [-0.25, -0.2) is 4.98 Å². The molecule has 0 saturated carbocycles. The molecule has 1 heterocycles. The number of carbonyl (C=O) groups is 1. The van der Waals surface area contributed by atoms with E-state index in [0.717, 1.165) is 18.8 Å². The fourth-order valence-corrected chi connectivity index (χ4v) is 1.59. The minimum Gasteiger partial charge on any atom is -0.469 e. The van der Waals surface area contributed by atoms with Crippen LogP contribution >= 0.6 is 0 Å². The van der Waals surface area contributed by atoms with E-state index in [4.69, 9.17) is 4.74 Å². The van der Waals surface area contributed by atoms with Crippen molar-refractivity contribution in [2.45, 2.75) is 20.3 Å². The number of methoxy groups -OCH3 is 1. The second-order valence-corrected chi connectivity index (χ2v) is 4.76. The number of aryl methyl sites for hydroxylation is 1. The number of aromatic nitrogens is 2. The number of imidazole rings is 1. The maximum atomic E-state index is 11.4. The molecule has 0 bridgehead atoms. The lowest BCUT2D eigenvalue weighted by molar-refractivity contribution is -0.150. The lowest BCUT2D eigenvalue weighted by atomic mass is 9.94. The number of hydrogen-bond donors (Lipinski definition) is 1. The Kier molecular flexibility index (Phi) is 4.69. The molecule has 0 aliphatic rings. The third-order valence-electron chi connectivity index (χ3n) is 2.75. The Labute approximate surface area is 102 Å². The Hall–Kier alpha value is -1.36. The van der Waals surface area contributed by atoms with E-state index in [-0.39, 0.29) is 5.97 Å². The summed E-state index contributed by atoms with van der Waals surface area (Å²) in [6.07, 6.45) is 4.56. The van der Waals surface area contributed by atoms with E-state index in [1.807, 2.05) is 31.7 Å². The normalized spacial score (nSPS) is 11.5. The van der Waals surface area contributed by atoms with E-state index in [1.54, 1.807) is 6.20 Å². The van der Waals surface area contributed by atoms with Crippen LogP contribution in [0, 0.1) is 5.41 Å². The largest absolute Gasteiger partial charge is 0.469 e. The quantitative estimate of drug-likeness (QED) is 0.588. The monoisotopic (exact) mass is 239 g/mol. The molecule has 0 aliphatic carbocycles. The second kappa shape index (κ2) is 5.82. The summed E-state index contributed by atoms with van der Waals surface area (Å²) in [4.78, 5) is 15.7. The van der Waals surface area contributed by atoms with E-state index >= 15 is 0 Å². The average molecular weight is 239 g/mol. The maximum absolute atomic E-state index is 11.4. The van der Waals surface area contributed by atoms with Crippen LogP contribution in [0.1, 0.15) is 19.7 Å². The zero-order valence-electron chi connectivity index (χ0n) is 11.0. The van der Waals surface area contributed by atoms with Gasteiger partial charge < -0.3 is 14.6 Å². The molecule has 96 valence electrons. The van der Waals surface area contributed by atoms with Crippen LogP contribution in [-0.2, 0) is 23.0 Å². The van der Waals surface area contributed by atoms with Gasteiger partial charge in [0.1, 0.15) is 5.82 Å². The Balaban J connectivity index is 2.29. The fraction of sp³-hybridized carbons (Fsp3) is 0.667. The predicted molar refractivity (Wildman–Crippen MR) is 65.6 cm³/mol. The highest BCUT2D eigenvalue weighted by molar-refractivity contribution is 5.76. The van der Waals surface area contributed by atoms with Crippen LogP contribution in [0.2, 0.25) is 0 Å². The third-order valence-corrected chi connectivity index (χ3v) is 2.75. The summed E-state index contributed by atoms with van der Waals surface area (Å²) < 4.78 is 6.73. The van der Waals surface area contributed by atoms with Gasteiger partial charge in [0, 0.05) is 39.0 Å². The summed E-state index contributed by atoms with van der Waals surface area (Å²) in [5, 5.41) is 3.25. The Morgan fingerprint density at radius 3 is 2.82 bits per heavy atom. The van der Waals surface area contributed by atoms with Gasteiger partial charge in [0.15, 0.2) is 0 Å². The molecule has 1 rings (SSSR count). The number of hydrogen-bond acceptors (Lipinski definition) is 4. The van der Waals surface area contributed by atoms with Crippen LogP contribution in [0.15, 0.2) is 12.4 Å². The molecule has 0 spiro atoms. The molecule has 17 heavy (non-hydrogen) atoms. The molecule has 0 saturated heterocycles. The molecular formula is C12H21N3O2. The fourth-order valence-electron chi connectivity index (χ4n) is 1.59. The van der Waals surface area contributed by atoms with Gasteiger partial charge in [-0.3, -0.25) is 4.79 Å². The predicted octanol–water partition coefficient (Wildman–Crippen LogP) is 0.751. The molecule has 5 nitrogen and oxygen atoms in total. The van der Waals surface area contributed by atoms with Gasteiger partial charge in [-0.15, -0.1) is 0 Å². The van der Waals surface area contributed by atoms with Crippen molar-refractivity contribution in [2.24, 2.45) is 12.5 Å². The van der Waals surface area contributed by atoms with Crippen LogP contribution in [0.4, 0.5) is 0 Å². The van der Waals surface area contributed by atoms with E-state index in [9.17, 15) is 4.79 Å². The molecule has 0 atom stereocenters. The number of rotatable bonds is 6. The summed E-state index contributed by atoms with van der Waals surface area (Å²) in [7, 11) is 3.39. The minimum absolute atomic E-state index is 0.193. The van der Waals surface area contributed by atoms with Gasteiger partial charge in [-0.1, -0.05) is 0 Å². The molecule has 5 heteroatoms. The molecule has 0 unspecified atom stereocenters. The van der Waals surface area contributed by atoms with Crippen molar-refractivity contribution in [3.05, 3.63) is 18.2 Å². The zero-order chi connectivity index (χ0) is 12.9.